The molecule has 2 fully saturated rings. The summed E-state index contributed by atoms with van der Waals surface area (Å²) in [4.78, 5) is 27.6. The molecular weight excluding hydrogens is 356 g/mol. The number of hydrogen-bond acceptors (Lipinski definition) is 5. The zero-order valence-electron chi connectivity index (χ0n) is 15.6. The molecule has 0 saturated carbocycles. The summed E-state index contributed by atoms with van der Waals surface area (Å²) in [5.74, 6) is 1.32. The molecule has 0 aliphatic carbocycles. The predicted octanol–water partition coefficient (Wildman–Crippen LogP) is 3.86. The number of carbonyl (C=O) groups is 1. The molecule has 3 heterocycles. The summed E-state index contributed by atoms with van der Waals surface area (Å²) < 4.78 is 0. The molecule has 2 aliphatic rings. The van der Waals surface area contributed by atoms with Crippen LogP contribution in [0.5, 0.6) is 0 Å². The number of likely N-dealkylation sites (tertiary alicyclic amines) is 1. The van der Waals surface area contributed by atoms with Crippen LogP contribution in [-0.2, 0) is 4.79 Å². The van der Waals surface area contributed by atoms with Crippen molar-refractivity contribution in [1.29, 1.82) is 0 Å². The summed E-state index contributed by atoms with van der Waals surface area (Å²) in [5, 5.41) is 0.912. The van der Waals surface area contributed by atoms with Crippen molar-refractivity contribution in [2.75, 3.05) is 31.1 Å². The van der Waals surface area contributed by atoms with E-state index in [-0.39, 0.29) is 5.92 Å². The Morgan fingerprint density at radius 3 is 2.56 bits per heavy atom. The molecule has 1 amide bonds. The van der Waals surface area contributed by atoms with Gasteiger partial charge in [-0.25, -0.2) is 9.97 Å². The summed E-state index contributed by atoms with van der Waals surface area (Å²) in [6, 6.07) is 10.3. The lowest BCUT2D eigenvalue weighted by Crippen LogP contribution is -2.46. The minimum atomic E-state index is 0.0773. The molecule has 6 heteroatoms. The maximum absolute atomic E-state index is 13.0. The van der Waals surface area contributed by atoms with Gasteiger partial charge in [0, 0.05) is 43.5 Å². The van der Waals surface area contributed by atoms with Crippen molar-refractivity contribution < 1.29 is 4.79 Å². The molecule has 2 aromatic rings. The molecule has 0 radical (unpaired) electrons. The zero-order valence-corrected chi connectivity index (χ0v) is 16.4. The first-order valence-corrected chi connectivity index (χ1v) is 10.7. The van der Waals surface area contributed by atoms with E-state index in [1.165, 1.54) is 6.42 Å². The van der Waals surface area contributed by atoms with Gasteiger partial charge in [-0.15, -0.1) is 0 Å². The summed E-state index contributed by atoms with van der Waals surface area (Å²) in [6.07, 6.45) is 9.04. The Labute approximate surface area is 165 Å². The summed E-state index contributed by atoms with van der Waals surface area (Å²) in [6.45, 7) is 3.53. The third-order valence-electron chi connectivity index (χ3n) is 5.34. The standard InChI is InChI=1S/C21H26N4OS/c26-21(24-13-5-2-6-14-24)17-8-7-15-25(16-17)19-20(23-12-11-22-19)27-18-9-3-1-4-10-18/h1,3-4,9-12,17H,2,5-8,13-16H2/t17-/m1/s1. The number of piperidine rings is 2. The summed E-state index contributed by atoms with van der Waals surface area (Å²) in [5.41, 5.74) is 0. The number of anilines is 1. The van der Waals surface area contributed by atoms with Gasteiger partial charge in [-0.2, -0.15) is 0 Å². The number of benzene rings is 1. The summed E-state index contributed by atoms with van der Waals surface area (Å²) in [7, 11) is 0. The Bertz CT molecular complexity index is 764. The van der Waals surface area contributed by atoms with E-state index in [4.69, 9.17) is 0 Å². The fraction of sp³-hybridized carbons (Fsp3) is 0.476. The first kappa shape index (κ1) is 18.3. The van der Waals surface area contributed by atoms with Crippen LogP contribution in [0.25, 0.3) is 0 Å². The van der Waals surface area contributed by atoms with Gasteiger partial charge in [0.25, 0.3) is 0 Å². The van der Waals surface area contributed by atoms with Crippen LogP contribution in [0.1, 0.15) is 32.1 Å². The first-order chi connectivity index (χ1) is 13.3. The van der Waals surface area contributed by atoms with Crippen molar-refractivity contribution in [3.05, 3.63) is 42.7 Å². The van der Waals surface area contributed by atoms with E-state index in [1.807, 2.05) is 18.2 Å². The fourth-order valence-corrected chi connectivity index (χ4v) is 4.85. The Kier molecular flexibility index (Phi) is 5.92. The third kappa shape index (κ3) is 4.43. The Morgan fingerprint density at radius 1 is 0.963 bits per heavy atom. The largest absolute Gasteiger partial charge is 0.354 e. The van der Waals surface area contributed by atoms with Crippen LogP contribution < -0.4 is 4.90 Å². The van der Waals surface area contributed by atoms with Gasteiger partial charge in [-0.05, 0) is 44.2 Å². The van der Waals surface area contributed by atoms with E-state index in [1.54, 1.807) is 24.2 Å². The second-order valence-electron chi connectivity index (χ2n) is 7.27. The molecular formula is C21H26N4OS. The molecule has 142 valence electrons. The van der Waals surface area contributed by atoms with Crippen molar-refractivity contribution in [2.24, 2.45) is 5.92 Å². The quantitative estimate of drug-likeness (QED) is 0.804. The maximum atomic E-state index is 13.0. The van der Waals surface area contributed by atoms with Crippen LogP contribution in [0.2, 0.25) is 0 Å². The van der Waals surface area contributed by atoms with E-state index in [9.17, 15) is 4.79 Å². The summed E-state index contributed by atoms with van der Waals surface area (Å²) >= 11 is 1.63. The highest BCUT2D eigenvalue weighted by Gasteiger charge is 2.31. The van der Waals surface area contributed by atoms with Gasteiger partial charge in [-0.1, -0.05) is 30.0 Å². The SMILES string of the molecule is O=C([C@@H]1CCCN(c2nccnc2Sc2ccccc2)C1)N1CCCCC1. The van der Waals surface area contributed by atoms with Crippen LogP contribution in [0.4, 0.5) is 5.82 Å². The minimum Gasteiger partial charge on any atom is -0.354 e. The number of rotatable bonds is 4. The molecule has 0 spiro atoms. The van der Waals surface area contributed by atoms with E-state index in [0.717, 1.165) is 67.6 Å². The lowest BCUT2D eigenvalue weighted by Gasteiger charge is -2.37. The molecule has 1 aromatic carbocycles. The molecule has 2 aliphatic heterocycles. The van der Waals surface area contributed by atoms with Crippen molar-refractivity contribution in [2.45, 2.75) is 42.0 Å². The van der Waals surface area contributed by atoms with E-state index in [2.05, 4.69) is 31.9 Å². The number of amides is 1. The van der Waals surface area contributed by atoms with Crippen LogP contribution in [0, 0.1) is 5.92 Å². The van der Waals surface area contributed by atoms with Crippen LogP contribution in [0.3, 0.4) is 0 Å². The van der Waals surface area contributed by atoms with Crippen molar-refractivity contribution in [3.63, 3.8) is 0 Å². The smallest absolute Gasteiger partial charge is 0.227 e. The first-order valence-electron chi connectivity index (χ1n) is 9.89. The highest BCUT2D eigenvalue weighted by Crippen LogP contribution is 2.34. The molecule has 27 heavy (non-hydrogen) atoms. The van der Waals surface area contributed by atoms with E-state index < -0.39 is 0 Å². The highest BCUT2D eigenvalue weighted by atomic mass is 32.2. The molecule has 5 nitrogen and oxygen atoms in total. The van der Waals surface area contributed by atoms with Crippen molar-refractivity contribution in [1.82, 2.24) is 14.9 Å². The number of hydrogen-bond donors (Lipinski definition) is 0. The van der Waals surface area contributed by atoms with E-state index in [0.29, 0.717) is 5.91 Å². The van der Waals surface area contributed by atoms with Crippen LogP contribution >= 0.6 is 11.8 Å². The number of carbonyl (C=O) groups excluding carboxylic acids is 1. The molecule has 4 rings (SSSR count). The van der Waals surface area contributed by atoms with Crippen molar-refractivity contribution >= 4 is 23.5 Å². The topological polar surface area (TPSA) is 49.3 Å². The Morgan fingerprint density at radius 2 is 1.74 bits per heavy atom. The highest BCUT2D eigenvalue weighted by molar-refractivity contribution is 7.99. The molecule has 1 atom stereocenters. The average Bonchev–Trinajstić information content (AvgIpc) is 2.75. The van der Waals surface area contributed by atoms with Gasteiger partial charge in [0.1, 0.15) is 5.03 Å². The Hall–Kier alpha value is -2.08. The number of nitrogens with zero attached hydrogens (tertiary/aromatic N) is 4. The second kappa shape index (κ2) is 8.74. The maximum Gasteiger partial charge on any atom is 0.227 e. The van der Waals surface area contributed by atoms with Gasteiger partial charge in [0.05, 0.1) is 5.92 Å². The molecule has 0 unspecified atom stereocenters. The normalized spacial score (nSPS) is 20.5. The second-order valence-corrected chi connectivity index (χ2v) is 8.33. The van der Waals surface area contributed by atoms with Crippen LogP contribution in [-0.4, -0.2) is 47.0 Å². The van der Waals surface area contributed by atoms with Gasteiger partial charge < -0.3 is 9.80 Å². The molecule has 0 bridgehead atoms. The van der Waals surface area contributed by atoms with Crippen LogP contribution in [0.15, 0.2) is 52.6 Å². The number of aromatic nitrogens is 2. The molecule has 0 N–H and O–H groups in total. The van der Waals surface area contributed by atoms with E-state index >= 15 is 0 Å². The molecule has 2 saturated heterocycles. The lowest BCUT2D eigenvalue weighted by atomic mass is 9.95. The minimum absolute atomic E-state index is 0.0773. The van der Waals surface area contributed by atoms with Gasteiger partial charge in [-0.3, -0.25) is 4.79 Å². The van der Waals surface area contributed by atoms with Gasteiger partial charge in [0.2, 0.25) is 5.91 Å². The van der Waals surface area contributed by atoms with Crippen molar-refractivity contribution in [3.8, 4) is 0 Å². The third-order valence-corrected chi connectivity index (χ3v) is 6.33. The van der Waals surface area contributed by atoms with Gasteiger partial charge >= 0.3 is 0 Å². The monoisotopic (exact) mass is 382 g/mol. The predicted molar refractivity (Wildman–Crippen MR) is 108 cm³/mol. The lowest BCUT2D eigenvalue weighted by molar-refractivity contribution is -0.136. The zero-order chi connectivity index (χ0) is 18.5. The fourth-order valence-electron chi connectivity index (χ4n) is 3.95. The Balaban J connectivity index is 1.49. The molecule has 1 aromatic heterocycles. The average molecular weight is 383 g/mol. The van der Waals surface area contributed by atoms with Gasteiger partial charge in [0.15, 0.2) is 5.82 Å².